The van der Waals surface area contributed by atoms with Crippen molar-refractivity contribution in [1.82, 2.24) is 19.8 Å². The lowest BCUT2D eigenvalue weighted by molar-refractivity contribution is 0.219. The zero-order valence-corrected chi connectivity index (χ0v) is 13.5. The number of piperidine rings is 1. The summed E-state index contributed by atoms with van der Waals surface area (Å²) in [5, 5.41) is 10.3. The van der Waals surface area contributed by atoms with E-state index in [4.69, 9.17) is 0 Å². The molecule has 21 heavy (non-hydrogen) atoms. The predicted octanol–water partition coefficient (Wildman–Crippen LogP) is 1.47. The summed E-state index contributed by atoms with van der Waals surface area (Å²) in [6, 6.07) is 0.594. The van der Waals surface area contributed by atoms with Gasteiger partial charge in [-0.05, 0) is 38.5 Å². The molecule has 6 nitrogen and oxygen atoms in total. The van der Waals surface area contributed by atoms with Crippen molar-refractivity contribution in [3.8, 4) is 0 Å². The van der Waals surface area contributed by atoms with Gasteiger partial charge in [0.25, 0.3) is 10.0 Å². The van der Waals surface area contributed by atoms with Crippen LogP contribution in [0, 0.1) is 5.92 Å². The number of aromatic nitrogens is 2. The second-order valence-corrected chi connectivity index (χ2v) is 8.30. The Bertz CT molecular complexity index is 594. The van der Waals surface area contributed by atoms with Crippen molar-refractivity contribution in [3.63, 3.8) is 0 Å². The molecular weight excluding hydrogens is 288 g/mol. The quantitative estimate of drug-likeness (QED) is 0.863. The molecule has 118 valence electrons. The number of nitrogens with one attached hydrogen (secondary N) is 2. The van der Waals surface area contributed by atoms with Gasteiger partial charge in [0.2, 0.25) is 0 Å². The topological polar surface area (TPSA) is 78.1 Å². The van der Waals surface area contributed by atoms with Crippen molar-refractivity contribution in [3.05, 3.63) is 11.8 Å². The highest BCUT2D eigenvalue weighted by Gasteiger charge is 2.35. The maximum absolute atomic E-state index is 12.9. The van der Waals surface area contributed by atoms with Crippen LogP contribution >= 0.6 is 0 Å². The second kappa shape index (κ2) is 5.70. The largest absolute Gasteiger partial charge is 0.310 e. The fourth-order valence-corrected chi connectivity index (χ4v) is 4.81. The van der Waals surface area contributed by atoms with Crippen LogP contribution in [0.3, 0.4) is 0 Å². The third kappa shape index (κ3) is 3.14. The molecule has 0 radical (unpaired) electrons. The number of nitrogens with zero attached hydrogens (tertiary/aromatic N) is 2. The van der Waals surface area contributed by atoms with Crippen LogP contribution in [0.25, 0.3) is 0 Å². The highest BCUT2D eigenvalue weighted by molar-refractivity contribution is 7.89. The van der Waals surface area contributed by atoms with E-state index in [0.29, 0.717) is 25.0 Å². The van der Waals surface area contributed by atoms with Gasteiger partial charge in [-0.1, -0.05) is 6.92 Å². The van der Waals surface area contributed by atoms with Crippen molar-refractivity contribution in [1.29, 1.82) is 0 Å². The minimum atomic E-state index is -3.47. The molecule has 1 saturated heterocycles. The van der Waals surface area contributed by atoms with Gasteiger partial charge >= 0.3 is 0 Å². The van der Waals surface area contributed by atoms with Gasteiger partial charge in [0.05, 0.1) is 6.20 Å². The molecule has 2 fully saturated rings. The summed E-state index contributed by atoms with van der Waals surface area (Å²) in [6.07, 6.45) is 5.83. The highest BCUT2D eigenvalue weighted by atomic mass is 32.2. The van der Waals surface area contributed by atoms with E-state index < -0.39 is 10.0 Å². The summed E-state index contributed by atoms with van der Waals surface area (Å²) in [5.74, 6) is 0.587. The average Bonchev–Trinajstić information content (AvgIpc) is 3.12. The Kier molecular flexibility index (Phi) is 4.07. The van der Waals surface area contributed by atoms with Gasteiger partial charge in [-0.25, -0.2) is 8.42 Å². The lowest BCUT2D eigenvalue weighted by Gasteiger charge is -2.35. The number of aromatic amines is 1. The molecule has 0 amide bonds. The number of hydrogen-bond acceptors (Lipinski definition) is 4. The summed E-state index contributed by atoms with van der Waals surface area (Å²) in [6.45, 7) is 5.33. The minimum absolute atomic E-state index is 0.0475. The zero-order chi connectivity index (χ0) is 15.0. The fourth-order valence-electron chi connectivity index (χ4n) is 3.05. The van der Waals surface area contributed by atoms with Gasteiger partial charge in [-0.2, -0.15) is 9.40 Å². The van der Waals surface area contributed by atoms with E-state index in [1.807, 2.05) is 6.92 Å². The molecule has 0 bridgehead atoms. The van der Waals surface area contributed by atoms with Crippen molar-refractivity contribution >= 4 is 10.0 Å². The maximum Gasteiger partial charge on any atom is 0.260 e. The van der Waals surface area contributed by atoms with Crippen LogP contribution in [0.1, 0.15) is 45.1 Å². The van der Waals surface area contributed by atoms with E-state index in [2.05, 4.69) is 22.4 Å². The molecule has 7 heteroatoms. The molecule has 1 aliphatic heterocycles. The van der Waals surface area contributed by atoms with E-state index in [1.54, 1.807) is 10.5 Å². The van der Waals surface area contributed by atoms with Crippen LogP contribution < -0.4 is 5.32 Å². The molecule has 2 aliphatic rings. The Morgan fingerprint density at radius 1 is 1.38 bits per heavy atom. The third-order valence-corrected chi connectivity index (χ3v) is 6.51. The molecular formula is C14H24N4O2S. The van der Waals surface area contributed by atoms with Crippen LogP contribution in [-0.2, 0) is 16.6 Å². The van der Waals surface area contributed by atoms with E-state index in [9.17, 15) is 8.42 Å². The first kappa shape index (κ1) is 15.0. The molecule has 0 spiro atoms. The summed E-state index contributed by atoms with van der Waals surface area (Å²) in [7, 11) is -3.47. The van der Waals surface area contributed by atoms with Crippen LogP contribution in [0.4, 0.5) is 0 Å². The molecule has 3 rings (SSSR count). The molecule has 1 aliphatic carbocycles. The van der Waals surface area contributed by atoms with Crippen LogP contribution in [0.2, 0.25) is 0 Å². The number of sulfonamides is 1. The highest BCUT2D eigenvalue weighted by Crippen LogP contribution is 2.29. The molecule has 1 aromatic heterocycles. The summed E-state index contributed by atoms with van der Waals surface area (Å²) < 4.78 is 27.4. The van der Waals surface area contributed by atoms with Gasteiger partial charge in [0.15, 0.2) is 5.03 Å². The van der Waals surface area contributed by atoms with Gasteiger partial charge in [-0.15, -0.1) is 0 Å². The Hall–Kier alpha value is -0.920. The smallest absolute Gasteiger partial charge is 0.260 e. The maximum atomic E-state index is 12.9. The van der Waals surface area contributed by atoms with Gasteiger partial charge in [0.1, 0.15) is 0 Å². The fraction of sp³-hybridized carbons (Fsp3) is 0.786. The van der Waals surface area contributed by atoms with Crippen molar-refractivity contribution in [2.75, 3.05) is 6.54 Å². The normalized spacial score (nSPS) is 27.9. The lowest BCUT2D eigenvalue weighted by Crippen LogP contribution is -2.44. The van der Waals surface area contributed by atoms with E-state index >= 15 is 0 Å². The van der Waals surface area contributed by atoms with Gasteiger partial charge < -0.3 is 5.32 Å². The molecule has 2 unspecified atom stereocenters. The Morgan fingerprint density at radius 2 is 2.14 bits per heavy atom. The Balaban J connectivity index is 1.79. The van der Waals surface area contributed by atoms with E-state index in [-0.39, 0.29) is 11.1 Å². The molecule has 2 atom stereocenters. The Labute approximate surface area is 126 Å². The first-order chi connectivity index (χ1) is 9.98. The number of H-pyrrole nitrogens is 1. The summed E-state index contributed by atoms with van der Waals surface area (Å²) in [5.41, 5.74) is 0.743. The average molecular weight is 312 g/mol. The monoisotopic (exact) mass is 312 g/mol. The van der Waals surface area contributed by atoms with E-state index in [0.717, 1.165) is 18.4 Å². The summed E-state index contributed by atoms with van der Waals surface area (Å²) >= 11 is 0. The minimum Gasteiger partial charge on any atom is -0.310 e. The van der Waals surface area contributed by atoms with Crippen molar-refractivity contribution < 1.29 is 8.42 Å². The molecule has 2 N–H and O–H groups in total. The zero-order valence-electron chi connectivity index (χ0n) is 12.7. The molecule has 1 aromatic rings. The van der Waals surface area contributed by atoms with E-state index in [1.165, 1.54) is 12.8 Å². The summed E-state index contributed by atoms with van der Waals surface area (Å²) in [4.78, 5) is 0. The van der Waals surface area contributed by atoms with Crippen LogP contribution in [0.5, 0.6) is 0 Å². The van der Waals surface area contributed by atoms with Crippen molar-refractivity contribution in [2.45, 2.75) is 63.2 Å². The Morgan fingerprint density at radius 3 is 2.81 bits per heavy atom. The number of hydrogen-bond donors (Lipinski definition) is 2. The second-order valence-electron chi connectivity index (χ2n) is 6.47. The first-order valence-corrected chi connectivity index (χ1v) is 9.20. The third-order valence-electron chi connectivity index (χ3n) is 4.48. The van der Waals surface area contributed by atoms with Gasteiger partial charge in [-0.3, -0.25) is 5.10 Å². The lowest BCUT2D eigenvalue weighted by atomic mass is 9.95. The predicted molar refractivity (Wildman–Crippen MR) is 80.2 cm³/mol. The van der Waals surface area contributed by atoms with Crippen LogP contribution in [-0.4, -0.2) is 41.5 Å². The standard InChI is InChI=1S/C14H24N4O2S/c1-10-5-6-18(11(2)7-10)21(19,20)14-12(9-16-17-14)8-15-13-3-4-13/h9-11,13,15H,3-8H2,1-2H3,(H,16,17). The molecule has 2 heterocycles. The van der Waals surface area contributed by atoms with Crippen molar-refractivity contribution in [2.24, 2.45) is 5.92 Å². The SMILES string of the molecule is CC1CCN(S(=O)(=O)c2[nH]ncc2CNC2CC2)C(C)C1. The molecule has 1 saturated carbocycles. The molecule has 0 aromatic carbocycles. The van der Waals surface area contributed by atoms with Gasteiger partial charge in [0, 0.05) is 30.7 Å². The number of rotatable bonds is 5. The first-order valence-electron chi connectivity index (χ1n) is 7.76. The van der Waals surface area contributed by atoms with Crippen LogP contribution in [0.15, 0.2) is 11.2 Å².